The summed E-state index contributed by atoms with van der Waals surface area (Å²) in [5.41, 5.74) is 1.01. The molecule has 0 unspecified atom stereocenters. The van der Waals surface area contributed by atoms with Crippen LogP contribution in [0.5, 0.6) is 0 Å². The Kier molecular flexibility index (Phi) is 3.69. The molecule has 0 fully saturated rings. The van der Waals surface area contributed by atoms with E-state index in [0.717, 1.165) is 11.4 Å². The number of hydrogen-bond acceptors (Lipinski definition) is 2. The van der Waals surface area contributed by atoms with Gasteiger partial charge in [0.25, 0.3) is 0 Å². The predicted molar refractivity (Wildman–Crippen MR) is 65.1 cm³/mol. The molecule has 0 atom stereocenters. The van der Waals surface area contributed by atoms with E-state index in [4.69, 9.17) is 34.8 Å². The SMILES string of the molecule is ClCc1ncnn1Cc1ccc(Cl)c(Cl)c1. The molecule has 0 spiro atoms. The lowest BCUT2D eigenvalue weighted by Gasteiger charge is -2.05. The minimum Gasteiger partial charge on any atom is -0.244 e. The number of halogens is 3. The second kappa shape index (κ2) is 5.04. The third-order valence-corrected chi connectivity index (χ3v) is 3.11. The zero-order chi connectivity index (χ0) is 11.5. The summed E-state index contributed by atoms with van der Waals surface area (Å²) in [4.78, 5) is 4.03. The summed E-state index contributed by atoms with van der Waals surface area (Å²) < 4.78 is 1.73. The third-order valence-electron chi connectivity index (χ3n) is 2.13. The van der Waals surface area contributed by atoms with Gasteiger partial charge in [-0.25, -0.2) is 9.67 Å². The highest BCUT2D eigenvalue weighted by atomic mass is 35.5. The molecule has 0 bridgehead atoms. The van der Waals surface area contributed by atoms with Crippen LogP contribution in [0.1, 0.15) is 11.4 Å². The molecule has 1 aromatic carbocycles. The Bertz CT molecular complexity index is 496. The smallest absolute Gasteiger partial charge is 0.142 e. The molecule has 2 aromatic rings. The monoisotopic (exact) mass is 275 g/mol. The Morgan fingerprint density at radius 2 is 2.00 bits per heavy atom. The van der Waals surface area contributed by atoms with Gasteiger partial charge in [0.15, 0.2) is 0 Å². The summed E-state index contributed by atoms with van der Waals surface area (Å²) in [5.74, 6) is 1.06. The van der Waals surface area contributed by atoms with Crippen LogP contribution in [0.25, 0.3) is 0 Å². The number of benzene rings is 1. The van der Waals surface area contributed by atoms with Crippen molar-refractivity contribution in [2.45, 2.75) is 12.4 Å². The Morgan fingerprint density at radius 1 is 1.19 bits per heavy atom. The molecule has 6 heteroatoms. The fourth-order valence-corrected chi connectivity index (χ4v) is 1.86. The van der Waals surface area contributed by atoms with Gasteiger partial charge >= 0.3 is 0 Å². The van der Waals surface area contributed by atoms with Gasteiger partial charge in [-0.15, -0.1) is 11.6 Å². The van der Waals surface area contributed by atoms with Gasteiger partial charge in [0.2, 0.25) is 0 Å². The Hall–Kier alpha value is -0.770. The third kappa shape index (κ3) is 2.48. The molecule has 0 saturated carbocycles. The number of alkyl halides is 1. The molecule has 0 radical (unpaired) electrons. The van der Waals surface area contributed by atoms with Gasteiger partial charge in [0.1, 0.15) is 12.2 Å². The first-order chi connectivity index (χ1) is 7.70. The van der Waals surface area contributed by atoms with Crippen LogP contribution in [-0.4, -0.2) is 14.8 Å². The topological polar surface area (TPSA) is 30.7 Å². The van der Waals surface area contributed by atoms with Crippen molar-refractivity contribution in [2.75, 3.05) is 0 Å². The Morgan fingerprint density at radius 3 is 2.69 bits per heavy atom. The van der Waals surface area contributed by atoms with E-state index in [1.54, 1.807) is 10.7 Å². The van der Waals surface area contributed by atoms with E-state index in [0.29, 0.717) is 22.5 Å². The summed E-state index contributed by atoms with van der Waals surface area (Å²) in [6.07, 6.45) is 1.48. The largest absolute Gasteiger partial charge is 0.244 e. The predicted octanol–water partition coefficient (Wildman–Crippen LogP) is 3.37. The van der Waals surface area contributed by atoms with Crippen molar-refractivity contribution < 1.29 is 0 Å². The van der Waals surface area contributed by atoms with E-state index in [1.807, 2.05) is 12.1 Å². The van der Waals surface area contributed by atoms with E-state index in [2.05, 4.69) is 10.1 Å². The van der Waals surface area contributed by atoms with Crippen molar-refractivity contribution in [3.63, 3.8) is 0 Å². The van der Waals surface area contributed by atoms with Gasteiger partial charge in [-0.2, -0.15) is 5.10 Å². The lowest BCUT2D eigenvalue weighted by Crippen LogP contribution is -2.05. The second-order valence-corrected chi connectivity index (χ2v) is 4.30. The van der Waals surface area contributed by atoms with Crippen molar-refractivity contribution in [1.29, 1.82) is 0 Å². The van der Waals surface area contributed by atoms with E-state index < -0.39 is 0 Å². The molecule has 0 saturated heterocycles. The quantitative estimate of drug-likeness (QED) is 0.805. The fourth-order valence-electron chi connectivity index (χ4n) is 1.33. The molecule has 0 amide bonds. The normalized spacial score (nSPS) is 10.7. The highest BCUT2D eigenvalue weighted by Crippen LogP contribution is 2.23. The highest BCUT2D eigenvalue weighted by Gasteiger charge is 2.05. The summed E-state index contributed by atoms with van der Waals surface area (Å²) >= 11 is 17.5. The second-order valence-electron chi connectivity index (χ2n) is 3.22. The van der Waals surface area contributed by atoms with Gasteiger partial charge < -0.3 is 0 Å². The van der Waals surface area contributed by atoms with Crippen LogP contribution in [0.2, 0.25) is 10.0 Å². The molecule has 2 rings (SSSR count). The lowest BCUT2D eigenvalue weighted by molar-refractivity contribution is 0.656. The fraction of sp³-hybridized carbons (Fsp3) is 0.200. The van der Waals surface area contributed by atoms with Gasteiger partial charge in [0.05, 0.1) is 22.5 Å². The Labute approximate surface area is 108 Å². The molecule has 0 aliphatic carbocycles. The number of aromatic nitrogens is 3. The van der Waals surface area contributed by atoms with E-state index in [1.165, 1.54) is 6.33 Å². The van der Waals surface area contributed by atoms with Gasteiger partial charge in [-0.3, -0.25) is 0 Å². The molecule has 0 N–H and O–H groups in total. The van der Waals surface area contributed by atoms with Crippen LogP contribution < -0.4 is 0 Å². The summed E-state index contributed by atoms with van der Waals surface area (Å²) in [7, 11) is 0. The molecule has 84 valence electrons. The van der Waals surface area contributed by atoms with E-state index in [-0.39, 0.29) is 0 Å². The first-order valence-corrected chi connectivity index (χ1v) is 5.86. The minimum absolute atomic E-state index is 0.335. The Balaban J connectivity index is 2.24. The van der Waals surface area contributed by atoms with Gasteiger partial charge in [0, 0.05) is 0 Å². The molecule has 1 aromatic heterocycles. The first kappa shape index (κ1) is 11.7. The molecule has 16 heavy (non-hydrogen) atoms. The summed E-state index contributed by atoms with van der Waals surface area (Å²) in [5, 5.41) is 5.16. The zero-order valence-electron chi connectivity index (χ0n) is 8.20. The van der Waals surface area contributed by atoms with Crippen LogP contribution in [0.3, 0.4) is 0 Å². The average molecular weight is 277 g/mol. The lowest BCUT2D eigenvalue weighted by atomic mass is 10.2. The molecular weight excluding hydrogens is 268 g/mol. The zero-order valence-corrected chi connectivity index (χ0v) is 10.5. The van der Waals surface area contributed by atoms with Crippen LogP contribution in [-0.2, 0) is 12.4 Å². The van der Waals surface area contributed by atoms with E-state index >= 15 is 0 Å². The van der Waals surface area contributed by atoms with Crippen LogP contribution in [0.15, 0.2) is 24.5 Å². The maximum atomic E-state index is 5.92. The molecular formula is C10H8Cl3N3. The van der Waals surface area contributed by atoms with Crippen LogP contribution in [0.4, 0.5) is 0 Å². The average Bonchev–Trinajstić information content (AvgIpc) is 2.71. The number of hydrogen-bond donors (Lipinski definition) is 0. The first-order valence-electron chi connectivity index (χ1n) is 4.57. The number of nitrogens with zero attached hydrogens (tertiary/aromatic N) is 3. The maximum Gasteiger partial charge on any atom is 0.142 e. The molecule has 3 nitrogen and oxygen atoms in total. The maximum absolute atomic E-state index is 5.92. The molecule has 1 heterocycles. The number of rotatable bonds is 3. The highest BCUT2D eigenvalue weighted by molar-refractivity contribution is 6.42. The van der Waals surface area contributed by atoms with Crippen molar-refractivity contribution in [1.82, 2.24) is 14.8 Å². The van der Waals surface area contributed by atoms with Crippen molar-refractivity contribution in [3.8, 4) is 0 Å². The van der Waals surface area contributed by atoms with Crippen LogP contribution in [0, 0.1) is 0 Å². The minimum atomic E-state index is 0.335. The molecule has 0 aliphatic heterocycles. The summed E-state index contributed by atoms with van der Waals surface area (Å²) in [6, 6.07) is 5.47. The van der Waals surface area contributed by atoms with Crippen molar-refractivity contribution >= 4 is 34.8 Å². The van der Waals surface area contributed by atoms with Crippen molar-refractivity contribution in [3.05, 3.63) is 46.0 Å². The molecule has 0 aliphatic rings. The standard InChI is InChI=1S/C10H8Cl3N3/c11-4-10-14-6-15-16(10)5-7-1-2-8(12)9(13)3-7/h1-3,6H,4-5H2. The van der Waals surface area contributed by atoms with Crippen LogP contribution >= 0.6 is 34.8 Å². The van der Waals surface area contributed by atoms with Crippen molar-refractivity contribution in [2.24, 2.45) is 0 Å². The van der Waals surface area contributed by atoms with Gasteiger partial charge in [-0.05, 0) is 17.7 Å². The van der Waals surface area contributed by atoms with Gasteiger partial charge in [-0.1, -0.05) is 29.3 Å². The van der Waals surface area contributed by atoms with E-state index in [9.17, 15) is 0 Å². The summed E-state index contributed by atoms with van der Waals surface area (Å²) in [6.45, 7) is 0.582.